The third-order valence-corrected chi connectivity index (χ3v) is 5.87. The molecule has 1 atom stereocenters. The molecular weight excluding hydrogens is 380 g/mol. The molecule has 4 rings (SSSR count). The van der Waals surface area contributed by atoms with Crippen LogP contribution in [0.4, 0.5) is 5.69 Å². The number of rotatable bonds is 5. The van der Waals surface area contributed by atoms with Gasteiger partial charge in [0.25, 0.3) is 0 Å². The minimum absolute atomic E-state index is 0.107. The Balaban J connectivity index is 1.52. The van der Waals surface area contributed by atoms with Crippen LogP contribution in [0.3, 0.4) is 0 Å². The molecule has 0 bridgehead atoms. The van der Waals surface area contributed by atoms with E-state index in [0.29, 0.717) is 0 Å². The van der Waals surface area contributed by atoms with Crippen molar-refractivity contribution >= 4 is 23.1 Å². The lowest BCUT2D eigenvalue weighted by molar-refractivity contribution is 0.101. The van der Waals surface area contributed by atoms with Gasteiger partial charge in [0.2, 0.25) is 0 Å². The molecule has 1 unspecified atom stereocenters. The van der Waals surface area contributed by atoms with Crippen LogP contribution in [0.2, 0.25) is 5.02 Å². The van der Waals surface area contributed by atoms with Crippen LogP contribution < -0.4 is 4.90 Å². The summed E-state index contributed by atoms with van der Waals surface area (Å²) < 4.78 is 0. The number of benzene rings is 3. The number of Topliss-reactive ketones (excluding diaryl/α,β-unsaturated/α-hetero) is 1. The fourth-order valence-electron chi connectivity index (χ4n) is 4.04. The van der Waals surface area contributed by atoms with Crippen LogP contribution in [-0.4, -0.2) is 36.9 Å². The van der Waals surface area contributed by atoms with Crippen molar-refractivity contribution < 1.29 is 4.79 Å². The molecule has 0 amide bonds. The average molecular weight is 405 g/mol. The minimum Gasteiger partial charge on any atom is -0.369 e. The maximum atomic E-state index is 11.5. The Hall–Kier alpha value is -2.62. The van der Waals surface area contributed by atoms with E-state index in [-0.39, 0.29) is 11.8 Å². The molecule has 148 valence electrons. The van der Waals surface area contributed by atoms with Gasteiger partial charge in [-0.1, -0.05) is 54.1 Å². The quantitative estimate of drug-likeness (QED) is 0.528. The Labute approximate surface area is 177 Å². The molecule has 0 spiro atoms. The number of halogens is 1. The van der Waals surface area contributed by atoms with E-state index in [1.54, 1.807) is 6.92 Å². The molecule has 0 aliphatic carbocycles. The van der Waals surface area contributed by atoms with Gasteiger partial charge >= 0.3 is 0 Å². The van der Waals surface area contributed by atoms with Gasteiger partial charge in [0.15, 0.2) is 5.78 Å². The predicted octanol–water partition coefficient (Wildman–Crippen LogP) is 5.45. The average Bonchev–Trinajstić information content (AvgIpc) is 2.77. The summed E-state index contributed by atoms with van der Waals surface area (Å²) >= 11 is 6.12. The molecular formula is C25H25ClN2O. The first kappa shape index (κ1) is 19.7. The molecule has 0 radical (unpaired) electrons. The Morgan fingerprint density at radius 2 is 1.38 bits per heavy atom. The van der Waals surface area contributed by atoms with Crippen molar-refractivity contribution in [2.24, 2.45) is 0 Å². The van der Waals surface area contributed by atoms with E-state index in [2.05, 4.69) is 64.4 Å². The van der Waals surface area contributed by atoms with E-state index in [1.807, 2.05) is 24.3 Å². The number of nitrogens with zero attached hydrogens (tertiary/aromatic N) is 2. The number of hydrogen-bond acceptors (Lipinski definition) is 3. The second kappa shape index (κ2) is 8.81. The highest BCUT2D eigenvalue weighted by Gasteiger charge is 2.26. The van der Waals surface area contributed by atoms with Crippen molar-refractivity contribution in [2.45, 2.75) is 13.0 Å². The maximum Gasteiger partial charge on any atom is 0.159 e. The minimum atomic E-state index is 0.107. The van der Waals surface area contributed by atoms with Crippen LogP contribution in [0.1, 0.15) is 34.5 Å². The van der Waals surface area contributed by atoms with Crippen LogP contribution >= 0.6 is 11.6 Å². The van der Waals surface area contributed by atoms with Crippen LogP contribution in [0.5, 0.6) is 0 Å². The second-order valence-corrected chi connectivity index (χ2v) is 7.93. The monoisotopic (exact) mass is 404 g/mol. The normalized spacial score (nSPS) is 15.9. The lowest BCUT2D eigenvalue weighted by Gasteiger charge is -2.40. The second-order valence-electron chi connectivity index (χ2n) is 7.49. The molecule has 1 saturated heterocycles. The number of hydrogen-bond donors (Lipinski definition) is 0. The van der Waals surface area contributed by atoms with Crippen LogP contribution in [0, 0.1) is 0 Å². The summed E-state index contributed by atoms with van der Waals surface area (Å²) in [6.45, 7) is 5.45. The van der Waals surface area contributed by atoms with Gasteiger partial charge in [-0.05, 0) is 54.4 Å². The summed E-state index contributed by atoms with van der Waals surface area (Å²) in [6.07, 6.45) is 0. The zero-order valence-electron chi connectivity index (χ0n) is 16.6. The molecule has 4 heteroatoms. The van der Waals surface area contributed by atoms with Gasteiger partial charge < -0.3 is 4.90 Å². The van der Waals surface area contributed by atoms with E-state index < -0.39 is 0 Å². The summed E-state index contributed by atoms with van der Waals surface area (Å²) in [6, 6.07) is 27.0. The van der Waals surface area contributed by atoms with Crippen molar-refractivity contribution in [3.63, 3.8) is 0 Å². The third-order valence-electron chi connectivity index (χ3n) is 5.62. The molecule has 3 nitrogen and oxygen atoms in total. The van der Waals surface area contributed by atoms with Crippen molar-refractivity contribution in [1.29, 1.82) is 0 Å². The Bertz CT molecular complexity index is 946. The van der Waals surface area contributed by atoms with Gasteiger partial charge in [-0.25, -0.2) is 0 Å². The summed E-state index contributed by atoms with van der Waals surface area (Å²) in [5.41, 5.74) is 4.51. The predicted molar refractivity (Wildman–Crippen MR) is 120 cm³/mol. The van der Waals surface area contributed by atoms with Gasteiger partial charge in [0.1, 0.15) is 0 Å². The zero-order valence-corrected chi connectivity index (χ0v) is 17.3. The Morgan fingerprint density at radius 1 is 0.793 bits per heavy atom. The SMILES string of the molecule is CC(=O)c1ccc(N2CCN(C(c3ccccc3)c3ccc(Cl)cc3)CC2)cc1. The van der Waals surface area contributed by atoms with Gasteiger partial charge in [-0.3, -0.25) is 9.69 Å². The Kier molecular flexibility index (Phi) is 5.98. The largest absolute Gasteiger partial charge is 0.369 e. The first-order valence-electron chi connectivity index (χ1n) is 10.0. The van der Waals surface area contributed by atoms with Crippen LogP contribution in [0.15, 0.2) is 78.9 Å². The van der Waals surface area contributed by atoms with E-state index >= 15 is 0 Å². The highest BCUT2D eigenvalue weighted by molar-refractivity contribution is 6.30. The van der Waals surface area contributed by atoms with Crippen molar-refractivity contribution in [3.05, 3.63) is 101 Å². The molecule has 1 heterocycles. The van der Waals surface area contributed by atoms with Gasteiger partial charge in [0, 0.05) is 42.5 Å². The third kappa shape index (κ3) is 4.52. The first-order valence-corrected chi connectivity index (χ1v) is 10.4. The number of carbonyl (C=O) groups is 1. The van der Waals surface area contributed by atoms with E-state index in [9.17, 15) is 4.79 Å². The maximum absolute atomic E-state index is 11.5. The molecule has 29 heavy (non-hydrogen) atoms. The highest BCUT2D eigenvalue weighted by Crippen LogP contribution is 2.31. The molecule has 3 aromatic rings. The number of carbonyl (C=O) groups excluding carboxylic acids is 1. The lowest BCUT2D eigenvalue weighted by atomic mass is 9.96. The highest BCUT2D eigenvalue weighted by atomic mass is 35.5. The molecule has 1 aliphatic rings. The summed E-state index contributed by atoms with van der Waals surface area (Å²) in [4.78, 5) is 16.4. The molecule has 1 aliphatic heterocycles. The standard InChI is InChI=1S/C25H25ClN2O/c1-19(29)20-9-13-24(14-10-20)27-15-17-28(18-16-27)25(21-5-3-2-4-6-21)22-7-11-23(26)12-8-22/h2-14,25H,15-18H2,1H3. The lowest BCUT2D eigenvalue weighted by Crippen LogP contribution is -2.48. The van der Waals surface area contributed by atoms with Gasteiger partial charge in [0.05, 0.1) is 6.04 Å². The van der Waals surface area contributed by atoms with E-state index in [4.69, 9.17) is 11.6 Å². The molecule has 0 saturated carbocycles. The zero-order chi connectivity index (χ0) is 20.2. The molecule has 0 aromatic heterocycles. The van der Waals surface area contributed by atoms with Crippen molar-refractivity contribution in [1.82, 2.24) is 4.90 Å². The number of ketones is 1. The van der Waals surface area contributed by atoms with Crippen LogP contribution in [0.25, 0.3) is 0 Å². The summed E-state index contributed by atoms with van der Waals surface area (Å²) in [5, 5.41) is 0.763. The van der Waals surface area contributed by atoms with E-state index in [0.717, 1.165) is 36.8 Å². The van der Waals surface area contributed by atoms with Gasteiger partial charge in [-0.15, -0.1) is 0 Å². The first-order chi connectivity index (χ1) is 14.1. The summed E-state index contributed by atoms with van der Waals surface area (Å²) in [5.74, 6) is 0.107. The fraction of sp³-hybridized carbons (Fsp3) is 0.240. The molecule has 0 N–H and O–H groups in total. The van der Waals surface area contributed by atoms with Crippen LogP contribution in [-0.2, 0) is 0 Å². The Morgan fingerprint density at radius 3 is 1.97 bits per heavy atom. The topological polar surface area (TPSA) is 23.6 Å². The smallest absolute Gasteiger partial charge is 0.159 e. The van der Waals surface area contributed by atoms with Crippen molar-refractivity contribution in [3.8, 4) is 0 Å². The number of anilines is 1. The molecule has 1 fully saturated rings. The van der Waals surface area contributed by atoms with Crippen molar-refractivity contribution in [2.75, 3.05) is 31.1 Å². The summed E-state index contributed by atoms with van der Waals surface area (Å²) in [7, 11) is 0. The van der Waals surface area contributed by atoms with Gasteiger partial charge in [-0.2, -0.15) is 0 Å². The van der Waals surface area contributed by atoms with E-state index in [1.165, 1.54) is 16.8 Å². The molecule has 3 aromatic carbocycles. The fourth-order valence-corrected chi connectivity index (χ4v) is 4.17. The number of piperazine rings is 1.